The van der Waals surface area contributed by atoms with Crippen molar-refractivity contribution in [3.63, 3.8) is 0 Å². The summed E-state index contributed by atoms with van der Waals surface area (Å²) < 4.78 is 0. The van der Waals surface area contributed by atoms with Gasteiger partial charge >= 0.3 is 0 Å². The third-order valence-corrected chi connectivity index (χ3v) is 4.60. The van der Waals surface area contributed by atoms with Gasteiger partial charge in [-0.15, -0.1) is 0 Å². The first-order valence-corrected chi connectivity index (χ1v) is 9.06. The standard InChI is InChI=1S/C20H22ClN3O2/c21-18-9-5-15(6-10-18)12-22-23-20(26)17-7-3-16(4-8-17)13-24-11-1-2-19(25)14-24/h3-10,12,19,25H,1-2,11,13-14H2,(H,23,26)/b22-12+. The van der Waals surface area contributed by atoms with Crippen LogP contribution in [-0.4, -0.2) is 41.3 Å². The normalized spacial score (nSPS) is 18.2. The van der Waals surface area contributed by atoms with Crippen molar-refractivity contribution in [2.45, 2.75) is 25.5 Å². The lowest BCUT2D eigenvalue weighted by molar-refractivity contribution is 0.0668. The summed E-state index contributed by atoms with van der Waals surface area (Å²) in [6, 6.07) is 14.7. The lowest BCUT2D eigenvalue weighted by atomic mass is 10.1. The van der Waals surface area contributed by atoms with Gasteiger partial charge in [0.2, 0.25) is 0 Å². The van der Waals surface area contributed by atoms with Gasteiger partial charge in [0.25, 0.3) is 5.91 Å². The molecule has 1 atom stereocenters. The van der Waals surface area contributed by atoms with Crippen LogP contribution >= 0.6 is 11.6 Å². The molecule has 5 nitrogen and oxygen atoms in total. The molecule has 0 aliphatic carbocycles. The Kier molecular flexibility index (Phi) is 6.39. The second-order valence-corrected chi connectivity index (χ2v) is 6.92. The van der Waals surface area contributed by atoms with Crippen molar-refractivity contribution in [1.29, 1.82) is 0 Å². The van der Waals surface area contributed by atoms with Gasteiger partial charge in [-0.25, -0.2) is 5.43 Å². The molecule has 136 valence electrons. The van der Waals surface area contributed by atoms with Crippen molar-refractivity contribution in [2.24, 2.45) is 5.10 Å². The first-order valence-electron chi connectivity index (χ1n) is 8.68. The highest BCUT2D eigenvalue weighted by Gasteiger charge is 2.17. The van der Waals surface area contributed by atoms with E-state index in [1.54, 1.807) is 30.5 Å². The molecule has 0 aromatic heterocycles. The molecule has 1 amide bonds. The van der Waals surface area contributed by atoms with Crippen LogP contribution in [0.3, 0.4) is 0 Å². The van der Waals surface area contributed by atoms with Gasteiger partial charge in [-0.2, -0.15) is 5.10 Å². The van der Waals surface area contributed by atoms with E-state index >= 15 is 0 Å². The molecule has 1 aliphatic rings. The minimum absolute atomic E-state index is 0.229. The summed E-state index contributed by atoms with van der Waals surface area (Å²) in [4.78, 5) is 14.4. The van der Waals surface area contributed by atoms with Gasteiger partial charge in [0.05, 0.1) is 12.3 Å². The van der Waals surface area contributed by atoms with Crippen LogP contribution in [0.25, 0.3) is 0 Å². The monoisotopic (exact) mass is 371 g/mol. The highest BCUT2D eigenvalue weighted by atomic mass is 35.5. The van der Waals surface area contributed by atoms with E-state index in [1.165, 1.54) is 0 Å². The van der Waals surface area contributed by atoms with Gasteiger partial charge in [-0.1, -0.05) is 35.9 Å². The molecule has 2 aromatic rings. The number of hydrazone groups is 1. The molecule has 1 fully saturated rings. The summed E-state index contributed by atoms with van der Waals surface area (Å²) in [6.45, 7) is 2.49. The highest BCUT2D eigenvalue weighted by Crippen LogP contribution is 2.14. The Bertz CT molecular complexity index is 760. The van der Waals surface area contributed by atoms with Gasteiger partial charge in [0.15, 0.2) is 0 Å². The number of piperidine rings is 1. The molecule has 1 saturated heterocycles. The molecule has 0 bridgehead atoms. The number of amides is 1. The third-order valence-electron chi connectivity index (χ3n) is 4.35. The van der Waals surface area contributed by atoms with E-state index < -0.39 is 0 Å². The third kappa shape index (κ3) is 5.39. The fourth-order valence-corrected chi connectivity index (χ4v) is 3.10. The van der Waals surface area contributed by atoms with Crippen molar-refractivity contribution in [1.82, 2.24) is 10.3 Å². The molecule has 2 N–H and O–H groups in total. The van der Waals surface area contributed by atoms with Crippen LogP contribution in [0.5, 0.6) is 0 Å². The molecule has 0 radical (unpaired) electrons. The molecule has 3 rings (SSSR count). The summed E-state index contributed by atoms with van der Waals surface area (Å²) in [5.41, 5.74) is 5.06. The van der Waals surface area contributed by atoms with Crippen LogP contribution in [0, 0.1) is 0 Å². The average Bonchev–Trinajstić information content (AvgIpc) is 2.64. The van der Waals surface area contributed by atoms with Gasteiger partial charge in [-0.3, -0.25) is 9.69 Å². The Morgan fingerprint density at radius 2 is 1.96 bits per heavy atom. The van der Waals surface area contributed by atoms with E-state index in [1.807, 2.05) is 24.3 Å². The van der Waals surface area contributed by atoms with E-state index in [0.717, 1.165) is 37.1 Å². The Hall–Kier alpha value is -2.21. The Morgan fingerprint density at radius 1 is 1.23 bits per heavy atom. The number of hydrogen-bond donors (Lipinski definition) is 2. The number of halogens is 1. The Labute approximate surface area is 158 Å². The number of benzene rings is 2. The van der Waals surface area contributed by atoms with E-state index in [0.29, 0.717) is 17.1 Å². The first kappa shape index (κ1) is 18.6. The second-order valence-electron chi connectivity index (χ2n) is 6.48. The largest absolute Gasteiger partial charge is 0.392 e. The topological polar surface area (TPSA) is 64.9 Å². The zero-order valence-electron chi connectivity index (χ0n) is 14.4. The van der Waals surface area contributed by atoms with E-state index in [9.17, 15) is 9.90 Å². The number of β-amino-alcohol motifs (C(OH)–C–C–N with tert-alkyl or cyclic N) is 1. The van der Waals surface area contributed by atoms with Crippen molar-refractivity contribution in [3.8, 4) is 0 Å². The molecule has 1 heterocycles. The average molecular weight is 372 g/mol. The number of aliphatic hydroxyl groups excluding tert-OH is 1. The van der Waals surface area contributed by atoms with E-state index in [2.05, 4.69) is 15.4 Å². The number of aliphatic hydroxyl groups is 1. The van der Waals surface area contributed by atoms with Gasteiger partial charge in [-0.05, 0) is 54.8 Å². The Balaban J connectivity index is 1.52. The number of nitrogens with zero attached hydrogens (tertiary/aromatic N) is 2. The molecule has 2 aromatic carbocycles. The van der Waals surface area contributed by atoms with E-state index in [-0.39, 0.29) is 12.0 Å². The zero-order chi connectivity index (χ0) is 18.4. The fourth-order valence-electron chi connectivity index (χ4n) is 2.97. The molecular formula is C20H22ClN3O2. The molecule has 26 heavy (non-hydrogen) atoms. The van der Waals surface area contributed by atoms with Crippen LogP contribution in [0.4, 0.5) is 0 Å². The second kappa shape index (κ2) is 8.94. The zero-order valence-corrected chi connectivity index (χ0v) is 15.2. The number of hydrogen-bond acceptors (Lipinski definition) is 4. The fraction of sp³-hybridized carbons (Fsp3) is 0.300. The van der Waals surface area contributed by atoms with Crippen LogP contribution in [0.15, 0.2) is 53.6 Å². The predicted molar refractivity (Wildman–Crippen MR) is 103 cm³/mol. The predicted octanol–water partition coefficient (Wildman–Crippen LogP) is 3.06. The molecule has 0 spiro atoms. The number of carbonyl (C=O) groups excluding carboxylic acids is 1. The SMILES string of the molecule is O=C(N/N=C/c1ccc(Cl)cc1)c1ccc(CN2CCCC(O)C2)cc1. The van der Waals surface area contributed by atoms with Gasteiger partial charge < -0.3 is 5.11 Å². The molecule has 1 aliphatic heterocycles. The quantitative estimate of drug-likeness (QED) is 0.627. The summed E-state index contributed by atoms with van der Waals surface area (Å²) in [5, 5.41) is 14.4. The van der Waals surface area contributed by atoms with Crippen molar-refractivity contribution < 1.29 is 9.90 Å². The number of nitrogens with one attached hydrogen (secondary N) is 1. The Morgan fingerprint density at radius 3 is 2.65 bits per heavy atom. The first-order chi connectivity index (χ1) is 12.6. The molecule has 6 heteroatoms. The van der Waals surface area contributed by atoms with Gasteiger partial charge in [0, 0.05) is 23.7 Å². The lowest BCUT2D eigenvalue weighted by Crippen LogP contribution is -2.37. The molecule has 0 saturated carbocycles. The maximum absolute atomic E-state index is 12.1. The van der Waals surface area contributed by atoms with Crippen LogP contribution in [0.1, 0.15) is 34.3 Å². The summed E-state index contributed by atoms with van der Waals surface area (Å²) in [6.07, 6.45) is 3.25. The minimum Gasteiger partial charge on any atom is -0.392 e. The highest BCUT2D eigenvalue weighted by molar-refractivity contribution is 6.30. The van der Waals surface area contributed by atoms with Crippen molar-refractivity contribution in [3.05, 3.63) is 70.2 Å². The minimum atomic E-state index is -0.254. The van der Waals surface area contributed by atoms with Crippen LogP contribution in [0.2, 0.25) is 5.02 Å². The number of carbonyl (C=O) groups is 1. The summed E-state index contributed by atoms with van der Waals surface area (Å²) in [5.74, 6) is -0.254. The van der Waals surface area contributed by atoms with Crippen LogP contribution < -0.4 is 5.43 Å². The smallest absolute Gasteiger partial charge is 0.271 e. The number of likely N-dealkylation sites (tertiary alicyclic amines) is 1. The molecular weight excluding hydrogens is 350 g/mol. The van der Waals surface area contributed by atoms with Crippen molar-refractivity contribution >= 4 is 23.7 Å². The van der Waals surface area contributed by atoms with Crippen molar-refractivity contribution in [2.75, 3.05) is 13.1 Å². The van der Waals surface area contributed by atoms with Crippen LogP contribution in [-0.2, 0) is 6.54 Å². The van der Waals surface area contributed by atoms with Gasteiger partial charge in [0.1, 0.15) is 0 Å². The maximum Gasteiger partial charge on any atom is 0.271 e. The van der Waals surface area contributed by atoms with E-state index in [4.69, 9.17) is 11.6 Å². The lowest BCUT2D eigenvalue weighted by Gasteiger charge is -2.29. The maximum atomic E-state index is 12.1. The summed E-state index contributed by atoms with van der Waals surface area (Å²) in [7, 11) is 0. The molecule has 1 unspecified atom stereocenters. The number of rotatable bonds is 5. The summed E-state index contributed by atoms with van der Waals surface area (Å²) >= 11 is 5.83.